The van der Waals surface area contributed by atoms with Crippen LogP contribution >= 0.6 is 0 Å². The second-order valence-electron chi connectivity index (χ2n) is 6.51. The summed E-state index contributed by atoms with van der Waals surface area (Å²) in [5.41, 5.74) is 1.33. The van der Waals surface area contributed by atoms with Crippen molar-refractivity contribution in [2.75, 3.05) is 27.2 Å². The Bertz CT molecular complexity index is 575. The van der Waals surface area contributed by atoms with Crippen LogP contribution in [0.25, 0.3) is 0 Å². The van der Waals surface area contributed by atoms with Crippen LogP contribution in [0.4, 0.5) is 0 Å². The summed E-state index contributed by atoms with van der Waals surface area (Å²) in [5, 5.41) is 4.36. The van der Waals surface area contributed by atoms with Gasteiger partial charge >= 0.3 is 0 Å². The molecule has 1 N–H and O–H groups in total. The molecule has 1 fully saturated rings. The van der Waals surface area contributed by atoms with Gasteiger partial charge in [-0.05, 0) is 39.4 Å². The summed E-state index contributed by atoms with van der Waals surface area (Å²) in [6.45, 7) is 3.11. The Morgan fingerprint density at radius 2 is 2.27 bits per heavy atom. The maximum absolute atomic E-state index is 4.36. The van der Waals surface area contributed by atoms with Gasteiger partial charge in [0.25, 0.3) is 0 Å². The Morgan fingerprint density at radius 1 is 1.41 bits per heavy atom. The lowest BCUT2D eigenvalue weighted by Gasteiger charge is -2.40. The lowest BCUT2D eigenvalue weighted by atomic mass is 9.86. The predicted octanol–water partition coefficient (Wildman–Crippen LogP) is 1.66. The Morgan fingerprint density at radius 3 is 2.95 bits per heavy atom. The van der Waals surface area contributed by atoms with Crippen molar-refractivity contribution in [1.82, 2.24) is 29.5 Å². The highest BCUT2D eigenvalue weighted by Crippen LogP contribution is 2.35. The minimum atomic E-state index is 0.460. The molecule has 2 aromatic rings. The molecule has 120 valence electrons. The molecule has 6 nitrogen and oxygen atoms in total. The summed E-state index contributed by atoms with van der Waals surface area (Å²) in [6.07, 6.45) is 10.4. The van der Waals surface area contributed by atoms with E-state index in [4.69, 9.17) is 0 Å². The summed E-state index contributed by atoms with van der Waals surface area (Å²) >= 11 is 0. The molecule has 0 aliphatic carbocycles. The van der Waals surface area contributed by atoms with Crippen LogP contribution in [-0.4, -0.2) is 56.7 Å². The van der Waals surface area contributed by atoms with Crippen molar-refractivity contribution in [2.45, 2.75) is 25.4 Å². The van der Waals surface area contributed by atoms with Crippen LogP contribution in [0.1, 0.15) is 30.3 Å². The van der Waals surface area contributed by atoms with Gasteiger partial charge in [-0.15, -0.1) is 0 Å². The number of aromatic nitrogens is 4. The lowest BCUT2D eigenvalue weighted by Crippen LogP contribution is -2.40. The van der Waals surface area contributed by atoms with Crippen molar-refractivity contribution in [3.8, 4) is 0 Å². The van der Waals surface area contributed by atoms with Crippen molar-refractivity contribution in [3.05, 3.63) is 36.2 Å². The van der Waals surface area contributed by atoms with Crippen LogP contribution in [-0.2, 0) is 13.6 Å². The van der Waals surface area contributed by atoms with E-state index in [-0.39, 0.29) is 0 Å². The molecule has 1 aliphatic heterocycles. The number of H-pyrrole nitrogens is 1. The molecule has 1 saturated heterocycles. The predicted molar refractivity (Wildman–Crippen MR) is 86.2 cm³/mol. The zero-order valence-corrected chi connectivity index (χ0v) is 13.7. The minimum absolute atomic E-state index is 0.460. The first-order chi connectivity index (χ1) is 10.6. The second-order valence-corrected chi connectivity index (χ2v) is 6.51. The van der Waals surface area contributed by atoms with E-state index >= 15 is 0 Å². The van der Waals surface area contributed by atoms with E-state index in [2.05, 4.69) is 45.2 Å². The molecule has 0 aromatic carbocycles. The van der Waals surface area contributed by atoms with Crippen molar-refractivity contribution in [1.29, 1.82) is 0 Å². The van der Waals surface area contributed by atoms with Gasteiger partial charge in [-0.25, -0.2) is 4.98 Å². The van der Waals surface area contributed by atoms with Crippen molar-refractivity contribution in [3.63, 3.8) is 0 Å². The average Bonchev–Trinajstić information content (AvgIpc) is 3.11. The minimum Gasteiger partial charge on any atom is -0.348 e. The first-order valence-corrected chi connectivity index (χ1v) is 7.99. The van der Waals surface area contributed by atoms with Crippen LogP contribution in [0.5, 0.6) is 0 Å². The maximum Gasteiger partial charge on any atom is 0.120 e. The van der Waals surface area contributed by atoms with Gasteiger partial charge in [-0.3, -0.25) is 14.5 Å². The van der Waals surface area contributed by atoms with Crippen molar-refractivity contribution in [2.24, 2.45) is 13.0 Å². The fourth-order valence-corrected chi connectivity index (χ4v) is 3.68. The van der Waals surface area contributed by atoms with E-state index in [9.17, 15) is 0 Å². The first kappa shape index (κ1) is 15.2. The molecule has 3 rings (SSSR count). The van der Waals surface area contributed by atoms with Crippen molar-refractivity contribution >= 4 is 0 Å². The number of piperidine rings is 1. The highest BCUT2D eigenvalue weighted by molar-refractivity contribution is 5.13. The monoisotopic (exact) mass is 302 g/mol. The van der Waals surface area contributed by atoms with E-state index in [1.54, 1.807) is 0 Å². The molecular weight excluding hydrogens is 276 g/mol. The number of imidazole rings is 1. The van der Waals surface area contributed by atoms with Gasteiger partial charge in [0.05, 0.1) is 12.7 Å². The molecule has 0 unspecified atom stereocenters. The molecule has 1 aliphatic rings. The van der Waals surface area contributed by atoms with Crippen LogP contribution < -0.4 is 0 Å². The van der Waals surface area contributed by atoms with Gasteiger partial charge in [-0.2, -0.15) is 5.10 Å². The largest absolute Gasteiger partial charge is 0.348 e. The number of rotatable bonds is 5. The summed E-state index contributed by atoms with van der Waals surface area (Å²) in [5.74, 6) is 1.66. The number of hydrogen-bond donors (Lipinski definition) is 1. The third-order valence-electron chi connectivity index (χ3n) is 4.59. The summed E-state index contributed by atoms with van der Waals surface area (Å²) in [4.78, 5) is 12.4. The Balaban J connectivity index is 1.69. The topological polar surface area (TPSA) is 53.0 Å². The number of nitrogens with zero attached hydrogens (tertiary/aromatic N) is 5. The lowest BCUT2D eigenvalue weighted by molar-refractivity contribution is 0.0920. The molecule has 2 atom stereocenters. The molecule has 22 heavy (non-hydrogen) atoms. The fraction of sp³-hybridized carbons (Fsp3) is 0.625. The Hall–Kier alpha value is -1.66. The van der Waals surface area contributed by atoms with Gasteiger partial charge in [0.1, 0.15) is 5.82 Å². The summed E-state index contributed by atoms with van der Waals surface area (Å²) in [7, 11) is 6.40. The molecule has 0 bridgehead atoms. The number of likely N-dealkylation sites (tertiary alicyclic amines) is 1. The fourth-order valence-electron chi connectivity index (χ4n) is 3.68. The van der Waals surface area contributed by atoms with Gasteiger partial charge < -0.3 is 4.98 Å². The van der Waals surface area contributed by atoms with Crippen LogP contribution in [0, 0.1) is 5.92 Å². The van der Waals surface area contributed by atoms with Crippen LogP contribution in [0.2, 0.25) is 0 Å². The SMILES string of the molecule is CN(Cc1ncc[nH]1)C[C@@H]1CCCN(C)[C@H]1c1cnn(C)c1. The Labute approximate surface area is 132 Å². The molecule has 3 heterocycles. The van der Waals surface area contributed by atoms with Gasteiger partial charge in [0.15, 0.2) is 0 Å². The standard InChI is InChI=1S/C16H26N6/c1-20(12-15-17-6-7-18-15)10-13-5-4-8-21(2)16(13)14-9-19-22(3)11-14/h6-7,9,11,13,16H,4-5,8,10,12H2,1-3H3,(H,17,18)/t13-,16+/m0/s1. The maximum atomic E-state index is 4.36. The van der Waals surface area contributed by atoms with Crippen molar-refractivity contribution < 1.29 is 0 Å². The zero-order valence-electron chi connectivity index (χ0n) is 13.7. The third-order valence-corrected chi connectivity index (χ3v) is 4.59. The van der Waals surface area contributed by atoms with Gasteiger partial charge in [0, 0.05) is 43.8 Å². The number of aromatic amines is 1. The van der Waals surface area contributed by atoms with Crippen LogP contribution in [0.3, 0.4) is 0 Å². The smallest absolute Gasteiger partial charge is 0.120 e. The highest BCUT2D eigenvalue weighted by atomic mass is 15.3. The molecule has 2 aromatic heterocycles. The summed E-state index contributed by atoms with van der Waals surface area (Å²) < 4.78 is 1.90. The normalized spacial score (nSPS) is 23.3. The molecule has 0 saturated carbocycles. The highest BCUT2D eigenvalue weighted by Gasteiger charge is 2.32. The zero-order chi connectivity index (χ0) is 15.5. The molecule has 0 radical (unpaired) electrons. The van der Waals surface area contributed by atoms with Gasteiger partial charge in [0.2, 0.25) is 0 Å². The average molecular weight is 302 g/mol. The second kappa shape index (κ2) is 6.62. The summed E-state index contributed by atoms with van der Waals surface area (Å²) in [6, 6.07) is 0.460. The number of nitrogens with one attached hydrogen (secondary N) is 1. The first-order valence-electron chi connectivity index (χ1n) is 7.99. The molecule has 0 amide bonds. The van der Waals surface area contributed by atoms with E-state index in [0.29, 0.717) is 12.0 Å². The molecule has 0 spiro atoms. The van der Waals surface area contributed by atoms with E-state index in [1.165, 1.54) is 18.4 Å². The molecule has 6 heteroatoms. The number of hydrogen-bond acceptors (Lipinski definition) is 4. The van der Waals surface area contributed by atoms with E-state index in [0.717, 1.165) is 25.5 Å². The van der Waals surface area contributed by atoms with E-state index in [1.807, 2.05) is 30.3 Å². The Kier molecular flexibility index (Phi) is 4.59. The van der Waals surface area contributed by atoms with Crippen LogP contribution in [0.15, 0.2) is 24.8 Å². The van der Waals surface area contributed by atoms with Gasteiger partial charge in [-0.1, -0.05) is 0 Å². The third kappa shape index (κ3) is 3.39. The number of aryl methyl sites for hydroxylation is 1. The molecular formula is C16H26N6. The van der Waals surface area contributed by atoms with E-state index < -0.39 is 0 Å². The quantitative estimate of drug-likeness (QED) is 0.912.